The molecule has 0 spiro atoms. The zero-order valence-electron chi connectivity index (χ0n) is 8.62. The van der Waals surface area contributed by atoms with Gasteiger partial charge in [0.2, 0.25) is 0 Å². The second kappa shape index (κ2) is 4.55. The first kappa shape index (κ1) is 10.3. The van der Waals surface area contributed by atoms with Crippen LogP contribution >= 0.6 is 11.8 Å². The van der Waals surface area contributed by atoms with Crippen LogP contribution in [0, 0.1) is 11.8 Å². The summed E-state index contributed by atoms with van der Waals surface area (Å²) in [6.45, 7) is 1.77. The number of rotatable bonds is 2. The van der Waals surface area contributed by atoms with Gasteiger partial charge in [-0.15, -0.1) is 17.7 Å². The highest BCUT2D eigenvalue weighted by molar-refractivity contribution is 7.99. The molecule has 0 bridgehead atoms. The van der Waals surface area contributed by atoms with Crippen LogP contribution in [-0.2, 0) is 4.79 Å². The summed E-state index contributed by atoms with van der Waals surface area (Å²) in [6.07, 6.45) is 0.385. The summed E-state index contributed by atoms with van der Waals surface area (Å²) in [7, 11) is 0. The molecule has 0 fully saturated rings. The molecule has 1 atom stereocenters. The Balaban J connectivity index is 2.19. The lowest BCUT2D eigenvalue weighted by molar-refractivity contribution is -0.119. The summed E-state index contributed by atoms with van der Waals surface area (Å²) in [6, 6.07) is 8.15. The highest BCUT2D eigenvalue weighted by Crippen LogP contribution is 2.39. The van der Waals surface area contributed by atoms with Crippen molar-refractivity contribution in [1.82, 2.24) is 0 Å². The standard InChI is InChI=1S/C13H12OS/c1-2-3-7-12(14)11-9-15-13-8-5-4-6-10(11)13/h4-6,8,11H,7,9H2,1H3. The third-order valence-electron chi connectivity index (χ3n) is 2.53. The van der Waals surface area contributed by atoms with Crippen molar-refractivity contribution in [2.75, 3.05) is 5.75 Å². The first-order chi connectivity index (χ1) is 7.33. The fourth-order valence-corrected chi connectivity index (χ4v) is 2.99. The average Bonchev–Trinajstić information content (AvgIpc) is 2.69. The molecular weight excluding hydrogens is 204 g/mol. The molecule has 0 saturated carbocycles. The van der Waals surface area contributed by atoms with Crippen molar-refractivity contribution in [3.8, 4) is 11.8 Å². The van der Waals surface area contributed by atoms with Gasteiger partial charge in [0.15, 0.2) is 5.78 Å². The van der Waals surface area contributed by atoms with E-state index in [1.54, 1.807) is 18.7 Å². The van der Waals surface area contributed by atoms with Crippen LogP contribution < -0.4 is 0 Å². The molecule has 0 radical (unpaired) electrons. The van der Waals surface area contributed by atoms with E-state index in [4.69, 9.17) is 0 Å². The van der Waals surface area contributed by atoms with E-state index < -0.39 is 0 Å². The summed E-state index contributed by atoms with van der Waals surface area (Å²) in [5.41, 5.74) is 1.19. The zero-order valence-corrected chi connectivity index (χ0v) is 9.43. The molecule has 1 nitrogen and oxygen atoms in total. The van der Waals surface area contributed by atoms with Crippen LogP contribution in [0.25, 0.3) is 0 Å². The lowest BCUT2D eigenvalue weighted by Gasteiger charge is -2.06. The maximum atomic E-state index is 11.9. The SMILES string of the molecule is CC#CCC(=O)C1CSc2ccccc21. The van der Waals surface area contributed by atoms with E-state index >= 15 is 0 Å². The number of carbonyl (C=O) groups excluding carboxylic acids is 1. The van der Waals surface area contributed by atoms with Crippen molar-refractivity contribution in [2.24, 2.45) is 0 Å². The van der Waals surface area contributed by atoms with E-state index in [1.165, 1.54) is 10.5 Å². The van der Waals surface area contributed by atoms with Gasteiger partial charge in [0.25, 0.3) is 0 Å². The molecule has 0 N–H and O–H groups in total. The average molecular weight is 216 g/mol. The predicted molar refractivity (Wildman–Crippen MR) is 63.0 cm³/mol. The molecule has 2 heteroatoms. The number of Topliss-reactive ketones (excluding diaryl/α,β-unsaturated/α-hetero) is 1. The minimum atomic E-state index is 0.0621. The molecule has 0 aromatic heterocycles. The monoisotopic (exact) mass is 216 g/mol. The largest absolute Gasteiger partial charge is 0.298 e. The van der Waals surface area contributed by atoms with Crippen molar-refractivity contribution in [3.05, 3.63) is 29.8 Å². The van der Waals surface area contributed by atoms with Crippen LogP contribution in [0.2, 0.25) is 0 Å². The molecular formula is C13H12OS. The van der Waals surface area contributed by atoms with Gasteiger partial charge in [-0.05, 0) is 18.6 Å². The van der Waals surface area contributed by atoms with E-state index in [0.717, 1.165) is 5.75 Å². The van der Waals surface area contributed by atoms with Gasteiger partial charge in [0, 0.05) is 10.6 Å². The molecule has 1 heterocycles. The summed E-state index contributed by atoms with van der Waals surface area (Å²) in [5.74, 6) is 6.81. The van der Waals surface area contributed by atoms with Crippen LogP contribution in [0.15, 0.2) is 29.2 Å². The fourth-order valence-electron chi connectivity index (χ4n) is 1.73. The van der Waals surface area contributed by atoms with Gasteiger partial charge in [-0.25, -0.2) is 0 Å². The van der Waals surface area contributed by atoms with Crippen LogP contribution in [-0.4, -0.2) is 11.5 Å². The molecule has 76 valence electrons. The Labute approximate surface area is 94.3 Å². The van der Waals surface area contributed by atoms with Gasteiger partial charge in [0.1, 0.15) is 0 Å². The van der Waals surface area contributed by atoms with Crippen LogP contribution in [0.4, 0.5) is 0 Å². The maximum Gasteiger partial charge on any atom is 0.153 e. The molecule has 0 saturated heterocycles. The van der Waals surface area contributed by atoms with Gasteiger partial charge in [0.05, 0.1) is 12.3 Å². The van der Waals surface area contributed by atoms with E-state index in [0.29, 0.717) is 6.42 Å². The molecule has 1 aromatic carbocycles. The van der Waals surface area contributed by atoms with E-state index in [2.05, 4.69) is 24.0 Å². The minimum absolute atomic E-state index is 0.0621. The van der Waals surface area contributed by atoms with Gasteiger partial charge < -0.3 is 0 Å². The van der Waals surface area contributed by atoms with E-state index in [-0.39, 0.29) is 11.7 Å². The van der Waals surface area contributed by atoms with Crippen molar-refractivity contribution < 1.29 is 4.79 Å². The minimum Gasteiger partial charge on any atom is -0.298 e. The lowest BCUT2D eigenvalue weighted by Crippen LogP contribution is -2.10. The molecule has 2 rings (SSSR count). The van der Waals surface area contributed by atoms with Crippen molar-refractivity contribution in [1.29, 1.82) is 0 Å². The predicted octanol–water partition coefficient (Wildman–Crippen LogP) is 2.86. The highest BCUT2D eigenvalue weighted by Gasteiger charge is 2.27. The van der Waals surface area contributed by atoms with E-state index in [9.17, 15) is 4.79 Å². The Hall–Kier alpha value is -1.20. The Bertz CT molecular complexity index is 439. The van der Waals surface area contributed by atoms with Gasteiger partial charge >= 0.3 is 0 Å². The summed E-state index contributed by atoms with van der Waals surface area (Å²) in [5, 5.41) is 0. The smallest absolute Gasteiger partial charge is 0.153 e. The number of thioether (sulfide) groups is 1. The number of carbonyl (C=O) groups is 1. The van der Waals surface area contributed by atoms with Gasteiger partial charge in [-0.2, -0.15) is 0 Å². The zero-order chi connectivity index (χ0) is 10.7. The molecule has 1 unspecified atom stereocenters. The maximum absolute atomic E-state index is 11.9. The summed E-state index contributed by atoms with van der Waals surface area (Å²) in [4.78, 5) is 13.1. The number of hydrogen-bond donors (Lipinski definition) is 0. The molecule has 1 aliphatic heterocycles. The second-order valence-electron chi connectivity index (χ2n) is 3.47. The number of benzene rings is 1. The molecule has 1 aromatic rings. The Morgan fingerprint density at radius 3 is 3.13 bits per heavy atom. The van der Waals surface area contributed by atoms with Gasteiger partial charge in [-0.1, -0.05) is 24.1 Å². The second-order valence-corrected chi connectivity index (χ2v) is 4.53. The number of fused-ring (bicyclic) bond motifs is 1. The highest BCUT2D eigenvalue weighted by atomic mass is 32.2. The normalized spacial score (nSPS) is 17.8. The summed E-state index contributed by atoms with van der Waals surface area (Å²) < 4.78 is 0. The van der Waals surface area contributed by atoms with Crippen LogP contribution in [0.5, 0.6) is 0 Å². The first-order valence-corrected chi connectivity index (χ1v) is 5.95. The Kier molecular flexibility index (Phi) is 3.13. The fraction of sp³-hybridized carbons (Fsp3) is 0.308. The molecule has 15 heavy (non-hydrogen) atoms. The summed E-state index contributed by atoms with van der Waals surface area (Å²) >= 11 is 1.77. The van der Waals surface area contributed by atoms with Crippen molar-refractivity contribution in [2.45, 2.75) is 24.2 Å². The Morgan fingerprint density at radius 1 is 1.53 bits per heavy atom. The molecule has 1 aliphatic rings. The first-order valence-electron chi connectivity index (χ1n) is 4.97. The third-order valence-corrected chi connectivity index (χ3v) is 3.71. The van der Waals surface area contributed by atoms with Gasteiger partial charge in [-0.3, -0.25) is 4.79 Å². The number of ketones is 1. The Morgan fingerprint density at radius 2 is 2.33 bits per heavy atom. The van der Waals surface area contributed by atoms with E-state index in [1.807, 2.05) is 12.1 Å². The molecule has 0 aliphatic carbocycles. The van der Waals surface area contributed by atoms with Crippen LogP contribution in [0.3, 0.4) is 0 Å². The van der Waals surface area contributed by atoms with Crippen molar-refractivity contribution >= 4 is 17.5 Å². The quantitative estimate of drug-likeness (QED) is 0.707. The molecule has 0 amide bonds. The van der Waals surface area contributed by atoms with Crippen molar-refractivity contribution in [3.63, 3.8) is 0 Å². The third kappa shape index (κ3) is 2.08. The van der Waals surface area contributed by atoms with Crippen LogP contribution in [0.1, 0.15) is 24.8 Å². The lowest BCUT2D eigenvalue weighted by atomic mass is 9.95. The number of hydrogen-bond acceptors (Lipinski definition) is 2. The topological polar surface area (TPSA) is 17.1 Å².